The second-order valence-corrected chi connectivity index (χ2v) is 6.48. The van der Waals surface area contributed by atoms with Crippen molar-refractivity contribution in [3.05, 3.63) is 72.3 Å². The van der Waals surface area contributed by atoms with E-state index < -0.39 is 0 Å². The number of carbonyl (C=O) groups is 1. The number of benzene rings is 3. The number of hydrogen-bond donors (Lipinski definition) is 1. The quantitative estimate of drug-likeness (QED) is 0.620. The highest BCUT2D eigenvalue weighted by Crippen LogP contribution is 2.26. The number of hydrogen-bond acceptors (Lipinski definition) is 3. The van der Waals surface area contributed by atoms with Gasteiger partial charge in [0, 0.05) is 0 Å². The van der Waals surface area contributed by atoms with Gasteiger partial charge in [0.05, 0.1) is 12.6 Å². The molecule has 0 bridgehead atoms. The number of ether oxygens (including phenoxy) is 2. The molecule has 3 aromatic carbocycles. The van der Waals surface area contributed by atoms with E-state index in [-0.39, 0.29) is 18.6 Å². The van der Waals surface area contributed by atoms with Crippen molar-refractivity contribution in [2.24, 2.45) is 0 Å². The Morgan fingerprint density at radius 3 is 2.33 bits per heavy atom. The van der Waals surface area contributed by atoms with Crippen LogP contribution in [0.2, 0.25) is 0 Å². The molecule has 0 saturated carbocycles. The lowest BCUT2D eigenvalue weighted by atomic mass is 10.0. The van der Waals surface area contributed by atoms with E-state index in [1.807, 2.05) is 56.3 Å². The van der Waals surface area contributed by atoms with E-state index >= 15 is 0 Å². The van der Waals surface area contributed by atoms with E-state index in [9.17, 15) is 4.79 Å². The molecule has 4 heteroatoms. The third-order valence-electron chi connectivity index (χ3n) is 4.32. The van der Waals surface area contributed by atoms with Crippen LogP contribution in [0.15, 0.2) is 66.7 Å². The second-order valence-electron chi connectivity index (χ2n) is 6.48. The van der Waals surface area contributed by atoms with Crippen LogP contribution in [0.5, 0.6) is 11.5 Å². The smallest absolute Gasteiger partial charge is 0.258 e. The van der Waals surface area contributed by atoms with Gasteiger partial charge in [0.2, 0.25) is 0 Å². The Balaban J connectivity index is 1.58. The fraction of sp³-hybridized carbons (Fsp3) is 0.261. The Kier molecular flexibility index (Phi) is 6.31. The van der Waals surface area contributed by atoms with Crippen LogP contribution in [-0.4, -0.2) is 19.1 Å². The third-order valence-corrected chi connectivity index (χ3v) is 4.32. The first-order valence-electron chi connectivity index (χ1n) is 9.30. The highest BCUT2D eigenvalue weighted by molar-refractivity contribution is 5.83. The maximum Gasteiger partial charge on any atom is 0.258 e. The van der Waals surface area contributed by atoms with Gasteiger partial charge in [-0.2, -0.15) is 0 Å². The molecule has 0 aromatic heterocycles. The maximum atomic E-state index is 12.3. The average Bonchev–Trinajstić information content (AvgIpc) is 2.70. The molecule has 27 heavy (non-hydrogen) atoms. The van der Waals surface area contributed by atoms with Crippen molar-refractivity contribution in [2.45, 2.75) is 26.3 Å². The van der Waals surface area contributed by atoms with Crippen LogP contribution in [0, 0.1) is 0 Å². The number of para-hydroxylation sites is 2. The molecule has 0 unspecified atom stereocenters. The topological polar surface area (TPSA) is 47.6 Å². The monoisotopic (exact) mass is 363 g/mol. The van der Waals surface area contributed by atoms with Gasteiger partial charge in [-0.3, -0.25) is 4.79 Å². The molecule has 0 aliphatic rings. The molecule has 1 atom stereocenters. The van der Waals surface area contributed by atoms with E-state index in [2.05, 4.69) is 29.6 Å². The Hall–Kier alpha value is -3.01. The number of amides is 1. The summed E-state index contributed by atoms with van der Waals surface area (Å²) >= 11 is 0. The fourth-order valence-corrected chi connectivity index (χ4v) is 2.89. The molecule has 1 N–H and O–H groups in total. The zero-order chi connectivity index (χ0) is 19.1. The number of carbonyl (C=O) groups excluding carboxylic acids is 1. The van der Waals surface area contributed by atoms with Gasteiger partial charge in [-0.05, 0) is 47.9 Å². The summed E-state index contributed by atoms with van der Waals surface area (Å²) in [4.78, 5) is 12.3. The van der Waals surface area contributed by atoms with Gasteiger partial charge < -0.3 is 14.8 Å². The van der Waals surface area contributed by atoms with Crippen LogP contribution in [0.25, 0.3) is 10.8 Å². The lowest BCUT2D eigenvalue weighted by Gasteiger charge is -2.16. The van der Waals surface area contributed by atoms with E-state index in [4.69, 9.17) is 9.47 Å². The molecule has 0 saturated heterocycles. The van der Waals surface area contributed by atoms with Crippen LogP contribution >= 0.6 is 0 Å². The predicted octanol–water partition coefficient (Wildman–Crippen LogP) is 4.88. The summed E-state index contributed by atoms with van der Waals surface area (Å²) in [5.41, 5.74) is 1.06. The molecule has 0 fully saturated rings. The summed E-state index contributed by atoms with van der Waals surface area (Å²) in [6.45, 7) is 4.58. The highest BCUT2D eigenvalue weighted by Gasteiger charge is 2.12. The molecular weight excluding hydrogens is 338 g/mol. The predicted molar refractivity (Wildman–Crippen MR) is 108 cm³/mol. The van der Waals surface area contributed by atoms with Crippen molar-refractivity contribution >= 4 is 16.7 Å². The van der Waals surface area contributed by atoms with Crippen molar-refractivity contribution < 1.29 is 14.3 Å². The SMILES string of the molecule is CCCOc1ccccc1OCC(=O)N[C@@H](C)c1ccc2ccccc2c1. The van der Waals surface area contributed by atoms with Gasteiger partial charge in [0.25, 0.3) is 5.91 Å². The van der Waals surface area contributed by atoms with Crippen molar-refractivity contribution in [3.63, 3.8) is 0 Å². The standard InChI is InChI=1S/C23H25NO3/c1-3-14-26-21-10-6-7-11-22(21)27-16-23(25)24-17(2)19-13-12-18-8-4-5-9-20(18)15-19/h4-13,15,17H,3,14,16H2,1-2H3,(H,24,25)/t17-/m0/s1. The molecule has 0 aliphatic carbocycles. The summed E-state index contributed by atoms with van der Waals surface area (Å²) < 4.78 is 11.3. The van der Waals surface area contributed by atoms with E-state index in [1.165, 1.54) is 5.39 Å². The lowest BCUT2D eigenvalue weighted by Crippen LogP contribution is -2.31. The molecule has 3 rings (SSSR count). The molecular formula is C23H25NO3. The van der Waals surface area contributed by atoms with Gasteiger partial charge in [-0.15, -0.1) is 0 Å². The minimum Gasteiger partial charge on any atom is -0.490 e. The average molecular weight is 363 g/mol. The van der Waals surface area contributed by atoms with Crippen LogP contribution in [0.1, 0.15) is 31.9 Å². The summed E-state index contributed by atoms with van der Waals surface area (Å²) in [6.07, 6.45) is 0.915. The summed E-state index contributed by atoms with van der Waals surface area (Å²) in [6, 6.07) is 21.7. The Bertz CT molecular complexity index is 907. The van der Waals surface area contributed by atoms with E-state index in [0.29, 0.717) is 18.1 Å². The van der Waals surface area contributed by atoms with Crippen molar-refractivity contribution in [1.29, 1.82) is 0 Å². The Labute approximate surface area is 160 Å². The van der Waals surface area contributed by atoms with Crippen molar-refractivity contribution in [2.75, 3.05) is 13.2 Å². The first-order chi connectivity index (χ1) is 13.2. The minimum absolute atomic E-state index is 0.0512. The Morgan fingerprint density at radius 2 is 1.59 bits per heavy atom. The van der Waals surface area contributed by atoms with Gasteiger partial charge in [0.15, 0.2) is 18.1 Å². The largest absolute Gasteiger partial charge is 0.490 e. The van der Waals surface area contributed by atoms with Crippen LogP contribution in [0.3, 0.4) is 0 Å². The van der Waals surface area contributed by atoms with Gasteiger partial charge in [0.1, 0.15) is 0 Å². The zero-order valence-electron chi connectivity index (χ0n) is 15.8. The molecule has 4 nitrogen and oxygen atoms in total. The zero-order valence-corrected chi connectivity index (χ0v) is 15.8. The van der Waals surface area contributed by atoms with Gasteiger partial charge >= 0.3 is 0 Å². The van der Waals surface area contributed by atoms with Crippen LogP contribution in [-0.2, 0) is 4.79 Å². The van der Waals surface area contributed by atoms with Crippen LogP contribution < -0.4 is 14.8 Å². The highest BCUT2D eigenvalue weighted by atomic mass is 16.5. The summed E-state index contributed by atoms with van der Waals surface area (Å²) in [5.74, 6) is 1.08. The van der Waals surface area contributed by atoms with E-state index in [0.717, 1.165) is 17.4 Å². The normalized spacial score (nSPS) is 11.8. The fourth-order valence-electron chi connectivity index (χ4n) is 2.89. The minimum atomic E-state index is -0.166. The molecule has 3 aromatic rings. The van der Waals surface area contributed by atoms with Crippen LogP contribution in [0.4, 0.5) is 0 Å². The molecule has 0 aliphatic heterocycles. The van der Waals surface area contributed by atoms with Crippen molar-refractivity contribution in [3.8, 4) is 11.5 Å². The molecule has 0 heterocycles. The third kappa shape index (κ3) is 5.00. The number of nitrogens with one attached hydrogen (secondary N) is 1. The summed E-state index contributed by atoms with van der Waals surface area (Å²) in [5, 5.41) is 5.34. The maximum absolute atomic E-state index is 12.3. The Morgan fingerprint density at radius 1 is 0.926 bits per heavy atom. The molecule has 0 radical (unpaired) electrons. The number of fused-ring (bicyclic) bond motifs is 1. The first-order valence-corrected chi connectivity index (χ1v) is 9.30. The molecule has 140 valence electrons. The molecule has 1 amide bonds. The van der Waals surface area contributed by atoms with E-state index in [1.54, 1.807) is 0 Å². The lowest BCUT2D eigenvalue weighted by molar-refractivity contribution is -0.123. The number of rotatable bonds is 8. The molecule has 0 spiro atoms. The second kappa shape index (κ2) is 9.08. The summed E-state index contributed by atoms with van der Waals surface area (Å²) in [7, 11) is 0. The van der Waals surface area contributed by atoms with Gasteiger partial charge in [-0.25, -0.2) is 0 Å². The van der Waals surface area contributed by atoms with Gasteiger partial charge in [-0.1, -0.05) is 55.5 Å². The van der Waals surface area contributed by atoms with Crippen molar-refractivity contribution in [1.82, 2.24) is 5.32 Å². The first kappa shape index (κ1) is 18.8.